The molecule has 98 valence electrons. The molecule has 0 aromatic heterocycles. The van der Waals surface area contributed by atoms with Crippen LogP contribution in [-0.2, 0) is 4.79 Å². The zero-order chi connectivity index (χ0) is 12.5. The van der Waals surface area contributed by atoms with E-state index in [0.717, 1.165) is 12.8 Å². The average molecular weight is 257 g/mol. The van der Waals surface area contributed by atoms with Crippen LogP contribution in [-0.4, -0.2) is 28.2 Å². The number of nitrogens with one attached hydrogen (secondary N) is 1. The molecule has 0 radical (unpaired) electrons. The van der Waals surface area contributed by atoms with E-state index in [-0.39, 0.29) is 6.04 Å². The summed E-state index contributed by atoms with van der Waals surface area (Å²) >= 11 is 1.72. The first-order valence-electron chi connectivity index (χ1n) is 6.49. The predicted molar refractivity (Wildman–Crippen MR) is 73.3 cm³/mol. The molecule has 1 aliphatic heterocycles. The molecule has 0 aliphatic carbocycles. The molecule has 0 amide bonds. The quantitative estimate of drug-likeness (QED) is 0.518. The van der Waals surface area contributed by atoms with Crippen LogP contribution in [0, 0.1) is 0 Å². The lowest BCUT2D eigenvalue weighted by Gasteiger charge is -2.08. The summed E-state index contributed by atoms with van der Waals surface area (Å²) in [7, 11) is 0. The van der Waals surface area contributed by atoms with Crippen LogP contribution < -0.4 is 5.32 Å². The van der Waals surface area contributed by atoms with E-state index >= 15 is 0 Å². The van der Waals surface area contributed by atoms with Gasteiger partial charge in [0.1, 0.15) is 6.04 Å². The third-order valence-corrected chi connectivity index (χ3v) is 4.19. The number of aliphatic carboxylic acids is 1. The van der Waals surface area contributed by atoms with E-state index in [1.165, 1.54) is 25.7 Å². The van der Waals surface area contributed by atoms with Gasteiger partial charge in [-0.3, -0.25) is 10.1 Å². The monoisotopic (exact) mass is 257 g/mol. The van der Waals surface area contributed by atoms with E-state index in [1.807, 2.05) is 0 Å². The van der Waals surface area contributed by atoms with Crippen LogP contribution in [0.4, 0.5) is 0 Å². The maximum absolute atomic E-state index is 10.7. The topological polar surface area (TPSA) is 49.3 Å². The number of carboxylic acids is 1. The lowest BCUT2D eigenvalue weighted by molar-refractivity contribution is -0.138. The van der Waals surface area contributed by atoms with E-state index < -0.39 is 5.97 Å². The van der Waals surface area contributed by atoms with Crippen molar-refractivity contribution in [1.82, 2.24) is 5.32 Å². The highest BCUT2D eigenvalue weighted by Gasteiger charge is 2.28. The van der Waals surface area contributed by atoms with Gasteiger partial charge in [0.15, 0.2) is 0 Å². The van der Waals surface area contributed by atoms with Crippen molar-refractivity contribution >= 4 is 17.7 Å². The van der Waals surface area contributed by atoms with Gasteiger partial charge in [-0.1, -0.05) is 31.9 Å². The molecule has 1 fully saturated rings. The van der Waals surface area contributed by atoms with Crippen molar-refractivity contribution in [3.63, 3.8) is 0 Å². The molecule has 1 heterocycles. The number of carbonyl (C=O) groups is 1. The fourth-order valence-corrected chi connectivity index (χ4v) is 3.06. The Labute approximate surface area is 108 Å². The van der Waals surface area contributed by atoms with Crippen molar-refractivity contribution in [2.75, 3.05) is 5.75 Å². The van der Waals surface area contributed by atoms with E-state index in [0.29, 0.717) is 11.1 Å². The average Bonchev–Trinajstić information content (AvgIpc) is 2.77. The van der Waals surface area contributed by atoms with Gasteiger partial charge in [0.2, 0.25) is 0 Å². The Kier molecular flexibility index (Phi) is 7.37. The minimum Gasteiger partial charge on any atom is -0.480 e. The largest absolute Gasteiger partial charge is 0.480 e. The third-order valence-electron chi connectivity index (χ3n) is 2.89. The van der Waals surface area contributed by atoms with Gasteiger partial charge in [0, 0.05) is 5.75 Å². The van der Waals surface area contributed by atoms with Crippen LogP contribution >= 0.6 is 11.8 Å². The number of rotatable bonds is 8. The number of hydrogen-bond acceptors (Lipinski definition) is 3. The first-order valence-corrected chi connectivity index (χ1v) is 7.54. The van der Waals surface area contributed by atoms with Crippen molar-refractivity contribution in [1.29, 1.82) is 0 Å². The minimum atomic E-state index is -0.727. The molecule has 3 nitrogen and oxygen atoms in total. The number of thioether (sulfide) groups is 1. The van der Waals surface area contributed by atoms with E-state index in [1.54, 1.807) is 11.8 Å². The van der Waals surface area contributed by atoms with Gasteiger partial charge in [-0.15, -0.1) is 11.8 Å². The zero-order valence-electron chi connectivity index (χ0n) is 10.5. The number of unbranched alkanes of at least 4 members (excludes halogenated alkanes) is 3. The molecule has 1 unspecified atom stereocenters. The van der Waals surface area contributed by atoms with Crippen LogP contribution in [0.15, 0.2) is 12.2 Å². The second-order valence-electron chi connectivity index (χ2n) is 4.42. The fourth-order valence-electron chi connectivity index (χ4n) is 1.84. The first-order chi connectivity index (χ1) is 8.24. The fraction of sp³-hybridized carbons (Fsp3) is 0.769. The molecule has 0 bridgehead atoms. The molecule has 0 saturated carbocycles. The summed E-state index contributed by atoms with van der Waals surface area (Å²) in [6.45, 7) is 2.21. The molecule has 0 aromatic rings. The zero-order valence-corrected chi connectivity index (χ0v) is 11.3. The molecule has 2 atom stereocenters. The Morgan fingerprint density at radius 1 is 1.41 bits per heavy atom. The summed E-state index contributed by atoms with van der Waals surface area (Å²) in [4.78, 5) is 10.7. The molecule has 1 rings (SSSR count). The number of hydrogen-bond donors (Lipinski definition) is 2. The molecule has 0 aromatic carbocycles. The van der Waals surface area contributed by atoms with E-state index in [9.17, 15) is 4.79 Å². The predicted octanol–water partition coefficient (Wildman–Crippen LogP) is 3.02. The molecule has 1 saturated heterocycles. The molecular formula is C13H23NO2S. The van der Waals surface area contributed by atoms with Gasteiger partial charge in [-0.25, -0.2) is 0 Å². The second kappa shape index (κ2) is 8.59. The second-order valence-corrected chi connectivity index (χ2v) is 5.66. The molecule has 2 N–H and O–H groups in total. The third kappa shape index (κ3) is 6.13. The molecule has 17 heavy (non-hydrogen) atoms. The Hall–Kier alpha value is -0.480. The van der Waals surface area contributed by atoms with Crippen LogP contribution in [0.25, 0.3) is 0 Å². The van der Waals surface area contributed by atoms with Gasteiger partial charge in [-0.2, -0.15) is 0 Å². The van der Waals surface area contributed by atoms with Crippen molar-refractivity contribution in [2.45, 2.75) is 56.9 Å². The summed E-state index contributed by atoms with van der Waals surface area (Å²) in [5.74, 6) is -0.0321. The Morgan fingerprint density at radius 2 is 2.18 bits per heavy atom. The van der Waals surface area contributed by atoms with Crippen LogP contribution in [0.5, 0.6) is 0 Å². The minimum absolute atomic E-state index is 0.316. The summed E-state index contributed by atoms with van der Waals surface area (Å²) in [5, 5.41) is 12.3. The smallest absolute Gasteiger partial charge is 0.321 e. The molecular weight excluding hydrogens is 234 g/mol. The van der Waals surface area contributed by atoms with Crippen molar-refractivity contribution in [3.05, 3.63) is 12.2 Å². The van der Waals surface area contributed by atoms with Crippen molar-refractivity contribution in [2.24, 2.45) is 0 Å². The van der Waals surface area contributed by atoms with Gasteiger partial charge in [0.05, 0.1) is 5.37 Å². The summed E-state index contributed by atoms with van der Waals surface area (Å²) in [5.41, 5.74) is 0. The van der Waals surface area contributed by atoms with E-state index in [4.69, 9.17) is 5.11 Å². The highest BCUT2D eigenvalue weighted by atomic mass is 32.2. The van der Waals surface area contributed by atoms with Gasteiger partial charge >= 0.3 is 5.97 Å². The Balaban J connectivity index is 2.02. The Bertz CT molecular complexity index is 256. The van der Waals surface area contributed by atoms with Crippen LogP contribution in [0.2, 0.25) is 0 Å². The maximum atomic E-state index is 10.7. The lowest BCUT2D eigenvalue weighted by atomic mass is 10.2. The standard InChI is InChI=1S/C13H23NO2S/c1-2-3-4-5-6-7-8-9-12-14-11(10-17-12)13(15)16/h6-7,11-12,14H,2-5,8-10H2,1H3,(H,15,16)/b7-6-/t11-,12?/m0/s1. The number of allylic oxidation sites excluding steroid dienone is 2. The highest BCUT2D eigenvalue weighted by molar-refractivity contribution is 8.00. The SMILES string of the molecule is CCCCC/C=C\CCC1N[C@H](C(=O)O)CS1. The number of carboxylic acid groups (broad SMARTS) is 1. The highest BCUT2D eigenvalue weighted by Crippen LogP contribution is 2.22. The Morgan fingerprint density at radius 3 is 2.82 bits per heavy atom. The van der Waals surface area contributed by atoms with Gasteiger partial charge in [0.25, 0.3) is 0 Å². The first kappa shape index (κ1) is 14.6. The summed E-state index contributed by atoms with van der Waals surface area (Å²) < 4.78 is 0. The maximum Gasteiger partial charge on any atom is 0.321 e. The molecule has 1 aliphatic rings. The van der Waals surface area contributed by atoms with Crippen molar-refractivity contribution < 1.29 is 9.90 Å². The lowest BCUT2D eigenvalue weighted by Crippen LogP contribution is -2.36. The van der Waals surface area contributed by atoms with Crippen molar-refractivity contribution in [3.8, 4) is 0 Å². The van der Waals surface area contributed by atoms with Crippen LogP contribution in [0.1, 0.15) is 45.4 Å². The normalized spacial score (nSPS) is 24.5. The van der Waals surface area contributed by atoms with E-state index in [2.05, 4.69) is 24.4 Å². The molecule has 4 heteroatoms. The molecule has 0 spiro atoms. The van der Waals surface area contributed by atoms with Gasteiger partial charge < -0.3 is 5.11 Å². The van der Waals surface area contributed by atoms with Gasteiger partial charge in [-0.05, 0) is 25.7 Å². The summed E-state index contributed by atoms with van der Waals surface area (Å²) in [6, 6.07) is -0.349. The summed E-state index contributed by atoms with van der Waals surface area (Å²) in [6.07, 6.45) is 11.6. The van der Waals surface area contributed by atoms with Crippen LogP contribution in [0.3, 0.4) is 0 Å².